The molecule has 21 heavy (non-hydrogen) atoms. The van der Waals surface area contributed by atoms with Crippen molar-refractivity contribution in [3.05, 3.63) is 53.9 Å². The number of aromatic nitrogens is 2. The molecule has 0 aliphatic carbocycles. The van der Waals surface area contributed by atoms with Gasteiger partial charge in [0, 0.05) is 38.1 Å². The number of hydrogen-bond acceptors (Lipinski definition) is 5. The molecule has 1 aliphatic heterocycles. The number of ether oxygens (including phenoxy) is 1. The van der Waals surface area contributed by atoms with Crippen molar-refractivity contribution >= 4 is 5.69 Å². The Kier molecular flexibility index (Phi) is 4.76. The van der Waals surface area contributed by atoms with Gasteiger partial charge in [-0.3, -0.25) is 0 Å². The molecule has 0 unspecified atom stereocenters. The minimum Gasteiger partial charge on any atom is -0.378 e. The standard InChI is InChI=1S/C16H20N4O/c1-2-15(19-18-7-1)13-17-12-14-3-5-16(6-4-14)20-8-10-21-11-9-20/h1-7,17H,8-13H2. The van der Waals surface area contributed by atoms with Crippen LogP contribution in [0.4, 0.5) is 5.69 Å². The quantitative estimate of drug-likeness (QED) is 0.904. The van der Waals surface area contributed by atoms with Gasteiger partial charge in [0.15, 0.2) is 0 Å². The summed E-state index contributed by atoms with van der Waals surface area (Å²) in [6, 6.07) is 12.6. The van der Waals surface area contributed by atoms with E-state index in [0.717, 1.165) is 45.1 Å². The fraction of sp³-hybridized carbons (Fsp3) is 0.375. The zero-order valence-corrected chi connectivity index (χ0v) is 12.0. The lowest BCUT2D eigenvalue weighted by atomic mass is 10.2. The fourth-order valence-corrected chi connectivity index (χ4v) is 2.41. The number of nitrogens with one attached hydrogen (secondary N) is 1. The van der Waals surface area contributed by atoms with Crippen LogP contribution in [0.25, 0.3) is 0 Å². The van der Waals surface area contributed by atoms with Crippen molar-refractivity contribution in [3.8, 4) is 0 Å². The van der Waals surface area contributed by atoms with E-state index in [1.54, 1.807) is 6.20 Å². The van der Waals surface area contributed by atoms with Crippen molar-refractivity contribution in [1.82, 2.24) is 15.5 Å². The summed E-state index contributed by atoms with van der Waals surface area (Å²) in [6.07, 6.45) is 1.69. The fourth-order valence-electron chi connectivity index (χ4n) is 2.41. The lowest BCUT2D eigenvalue weighted by Crippen LogP contribution is -2.36. The Balaban J connectivity index is 1.50. The van der Waals surface area contributed by atoms with E-state index in [0.29, 0.717) is 0 Å². The van der Waals surface area contributed by atoms with Gasteiger partial charge in [-0.15, -0.1) is 0 Å². The Morgan fingerprint density at radius 1 is 1.05 bits per heavy atom. The van der Waals surface area contributed by atoms with Gasteiger partial charge < -0.3 is 15.0 Å². The van der Waals surface area contributed by atoms with Gasteiger partial charge in [-0.1, -0.05) is 12.1 Å². The number of nitrogens with zero attached hydrogens (tertiary/aromatic N) is 3. The molecular weight excluding hydrogens is 264 g/mol. The maximum Gasteiger partial charge on any atom is 0.0769 e. The van der Waals surface area contributed by atoms with Crippen LogP contribution in [-0.2, 0) is 17.8 Å². The molecule has 1 fully saturated rings. The highest BCUT2D eigenvalue weighted by Gasteiger charge is 2.10. The molecule has 5 nitrogen and oxygen atoms in total. The molecule has 0 saturated carbocycles. The van der Waals surface area contributed by atoms with Crippen LogP contribution in [0.5, 0.6) is 0 Å². The van der Waals surface area contributed by atoms with Crippen molar-refractivity contribution in [2.75, 3.05) is 31.2 Å². The summed E-state index contributed by atoms with van der Waals surface area (Å²) >= 11 is 0. The highest BCUT2D eigenvalue weighted by atomic mass is 16.5. The summed E-state index contributed by atoms with van der Waals surface area (Å²) in [5.74, 6) is 0. The van der Waals surface area contributed by atoms with Crippen molar-refractivity contribution < 1.29 is 4.74 Å². The SMILES string of the molecule is c1cnnc(CNCc2ccc(N3CCOCC3)cc2)c1. The maximum atomic E-state index is 5.38. The van der Waals surface area contributed by atoms with Gasteiger partial charge in [0.1, 0.15) is 0 Å². The highest BCUT2D eigenvalue weighted by Crippen LogP contribution is 2.16. The zero-order chi connectivity index (χ0) is 14.3. The summed E-state index contributed by atoms with van der Waals surface area (Å²) in [5, 5.41) is 11.3. The minimum absolute atomic E-state index is 0.735. The third-order valence-electron chi connectivity index (χ3n) is 3.58. The summed E-state index contributed by atoms with van der Waals surface area (Å²) in [7, 11) is 0. The molecular formula is C16H20N4O. The van der Waals surface area contributed by atoms with E-state index in [4.69, 9.17) is 4.74 Å². The third kappa shape index (κ3) is 4.00. The van der Waals surface area contributed by atoms with E-state index in [1.165, 1.54) is 11.3 Å². The monoisotopic (exact) mass is 284 g/mol. The van der Waals surface area contributed by atoms with Gasteiger partial charge >= 0.3 is 0 Å². The summed E-state index contributed by atoms with van der Waals surface area (Å²) in [4.78, 5) is 2.36. The lowest BCUT2D eigenvalue weighted by Gasteiger charge is -2.28. The van der Waals surface area contributed by atoms with Crippen LogP contribution in [-0.4, -0.2) is 36.5 Å². The number of rotatable bonds is 5. The molecule has 1 saturated heterocycles. The van der Waals surface area contributed by atoms with Crippen molar-refractivity contribution in [1.29, 1.82) is 0 Å². The Morgan fingerprint density at radius 3 is 2.57 bits per heavy atom. The number of morpholine rings is 1. The lowest BCUT2D eigenvalue weighted by molar-refractivity contribution is 0.122. The topological polar surface area (TPSA) is 50.3 Å². The number of anilines is 1. The van der Waals surface area contributed by atoms with Crippen LogP contribution >= 0.6 is 0 Å². The normalized spacial score (nSPS) is 15.1. The van der Waals surface area contributed by atoms with Crippen LogP contribution in [0.15, 0.2) is 42.6 Å². The molecule has 1 aromatic carbocycles. The molecule has 3 rings (SSSR count). The number of hydrogen-bond donors (Lipinski definition) is 1. The Bertz CT molecular complexity index is 538. The predicted molar refractivity (Wildman–Crippen MR) is 82.0 cm³/mol. The summed E-state index contributed by atoms with van der Waals surface area (Å²) < 4.78 is 5.38. The molecule has 110 valence electrons. The molecule has 1 aliphatic rings. The van der Waals surface area contributed by atoms with Crippen molar-refractivity contribution in [2.45, 2.75) is 13.1 Å². The van der Waals surface area contributed by atoms with Gasteiger partial charge in [-0.25, -0.2) is 0 Å². The van der Waals surface area contributed by atoms with Gasteiger partial charge in [0.25, 0.3) is 0 Å². The average molecular weight is 284 g/mol. The zero-order valence-electron chi connectivity index (χ0n) is 12.0. The molecule has 2 aromatic rings. The molecule has 0 amide bonds. The number of benzene rings is 1. The van der Waals surface area contributed by atoms with Crippen LogP contribution in [0, 0.1) is 0 Å². The first-order valence-corrected chi connectivity index (χ1v) is 7.31. The van der Waals surface area contributed by atoms with E-state index in [-0.39, 0.29) is 0 Å². The molecule has 5 heteroatoms. The molecule has 0 bridgehead atoms. The van der Waals surface area contributed by atoms with Crippen LogP contribution in [0.1, 0.15) is 11.3 Å². The van der Waals surface area contributed by atoms with Crippen LogP contribution < -0.4 is 10.2 Å². The molecule has 0 atom stereocenters. The summed E-state index contributed by atoms with van der Waals surface area (Å²) in [5.41, 5.74) is 3.51. The minimum atomic E-state index is 0.735. The Morgan fingerprint density at radius 2 is 1.86 bits per heavy atom. The summed E-state index contributed by atoms with van der Waals surface area (Å²) in [6.45, 7) is 5.16. The molecule has 0 radical (unpaired) electrons. The van der Waals surface area contributed by atoms with E-state index < -0.39 is 0 Å². The average Bonchev–Trinajstić information content (AvgIpc) is 2.57. The first-order valence-electron chi connectivity index (χ1n) is 7.31. The second-order valence-corrected chi connectivity index (χ2v) is 5.08. The molecule has 1 N–H and O–H groups in total. The third-order valence-corrected chi connectivity index (χ3v) is 3.58. The second-order valence-electron chi connectivity index (χ2n) is 5.08. The Hall–Kier alpha value is -1.98. The highest BCUT2D eigenvalue weighted by molar-refractivity contribution is 5.47. The van der Waals surface area contributed by atoms with E-state index in [2.05, 4.69) is 44.7 Å². The Labute approximate surface area is 125 Å². The van der Waals surface area contributed by atoms with E-state index in [1.807, 2.05) is 12.1 Å². The smallest absolute Gasteiger partial charge is 0.0769 e. The first kappa shape index (κ1) is 14.0. The van der Waals surface area contributed by atoms with E-state index >= 15 is 0 Å². The van der Waals surface area contributed by atoms with Gasteiger partial charge in [-0.2, -0.15) is 10.2 Å². The molecule has 0 spiro atoms. The van der Waals surface area contributed by atoms with Gasteiger partial charge in [0.2, 0.25) is 0 Å². The predicted octanol–water partition coefficient (Wildman–Crippen LogP) is 1.60. The van der Waals surface area contributed by atoms with Crippen LogP contribution in [0.3, 0.4) is 0 Å². The second kappa shape index (κ2) is 7.15. The molecule has 1 aromatic heterocycles. The van der Waals surface area contributed by atoms with Crippen molar-refractivity contribution in [3.63, 3.8) is 0 Å². The van der Waals surface area contributed by atoms with Crippen LogP contribution in [0.2, 0.25) is 0 Å². The first-order chi connectivity index (χ1) is 10.4. The van der Waals surface area contributed by atoms with Gasteiger partial charge in [-0.05, 0) is 29.8 Å². The molecule has 2 heterocycles. The van der Waals surface area contributed by atoms with Crippen molar-refractivity contribution in [2.24, 2.45) is 0 Å². The largest absolute Gasteiger partial charge is 0.378 e. The maximum absolute atomic E-state index is 5.38. The van der Waals surface area contributed by atoms with E-state index in [9.17, 15) is 0 Å². The van der Waals surface area contributed by atoms with Gasteiger partial charge in [0.05, 0.1) is 18.9 Å².